The minimum atomic E-state index is -4.02. The van der Waals surface area contributed by atoms with Crippen LogP contribution in [0.25, 0.3) is 5.69 Å². The molecule has 3 aromatic rings. The third-order valence-electron chi connectivity index (χ3n) is 3.03. The fourth-order valence-electron chi connectivity index (χ4n) is 1.82. The van der Waals surface area contributed by atoms with Crippen LogP contribution in [0.15, 0.2) is 65.7 Å². The Bertz CT molecular complexity index is 922. The molecule has 2 aromatic carbocycles. The minimum absolute atomic E-state index is 0.0666. The molecule has 6 nitrogen and oxygen atoms in total. The first-order valence-corrected chi connectivity index (χ1v) is 8.31. The van der Waals surface area contributed by atoms with Crippen molar-refractivity contribution in [3.63, 3.8) is 0 Å². The highest BCUT2D eigenvalue weighted by molar-refractivity contribution is 7.85. The molecule has 0 aliphatic carbocycles. The monoisotopic (exact) mass is 349 g/mol. The highest BCUT2D eigenvalue weighted by Crippen LogP contribution is 2.12. The summed E-state index contributed by atoms with van der Waals surface area (Å²) in [6.45, 7) is 1.84. The third-order valence-corrected chi connectivity index (χ3v) is 3.90. The van der Waals surface area contributed by atoms with Gasteiger partial charge in [-0.15, -0.1) is 0 Å². The Balaban J connectivity index is 0.000000177. The molecular formula is C16H16FN3O3S. The molecule has 0 aliphatic heterocycles. The maximum atomic E-state index is 13.2. The van der Waals surface area contributed by atoms with Crippen molar-refractivity contribution in [1.82, 2.24) is 9.78 Å². The normalized spacial score (nSPS) is 10.8. The number of nitrogens with two attached hydrogens (primary N) is 1. The Morgan fingerprint density at radius 3 is 2.21 bits per heavy atom. The van der Waals surface area contributed by atoms with E-state index in [4.69, 9.17) is 10.3 Å². The molecule has 0 saturated carbocycles. The summed E-state index contributed by atoms with van der Waals surface area (Å²) >= 11 is 0. The van der Waals surface area contributed by atoms with Gasteiger partial charge in [-0.3, -0.25) is 4.55 Å². The van der Waals surface area contributed by atoms with Crippen LogP contribution < -0.4 is 5.73 Å². The average Bonchev–Trinajstić information content (AvgIpc) is 2.94. The largest absolute Gasteiger partial charge is 0.382 e. The zero-order chi connectivity index (χ0) is 17.7. The summed E-state index contributed by atoms with van der Waals surface area (Å²) in [5, 5.41) is 3.90. The Kier molecular flexibility index (Phi) is 5.32. The molecule has 0 atom stereocenters. The van der Waals surface area contributed by atoms with Crippen LogP contribution in [-0.2, 0) is 10.1 Å². The topological polar surface area (TPSA) is 98.2 Å². The van der Waals surface area contributed by atoms with E-state index in [1.54, 1.807) is 42.6 Å². The number of aryl methyl sites for hydroxylation is 1. The summed E-state index contributed by atoms with van der Waals surface area (Å²) in [4.78, 5) is -0.0666. The van der Waals surface area contributed by atoms with Crippen molar-refractivity contribution >= 4 is 15.9 Å². The molecule has 0 spiro atoms. The van der Waals surface area contributed by atoms with Crippen molar-refractivity contribution < 1.29 is 17.4 Å². The predicted octanol–water partition coefficient (Wildman–Crippen LogP) is 2.84. The van der Waals surface area contributed by atoms with E-state index in [1.807, 2.05) is 6.92 Å². The van der Waals surface area contributed by atoms with Crippen LogP contribution in [0.2, 0.25) is 0 Å². The summed E-state index contributed by atoms with van der Waals surface area (Å²) in [6.07, 6.45) is 1.62. The molecule has 1 heterocycles. The molecule has 0 saturated heterocycles. The van der Waals surface area contributed by atoms with Crippen LogP contribution >= 0.6 is 0 Å². The molecule has 3 rings (SSSR count). The number of halogens is 1. The van der Waals surface area contributed by atoms with E-state index >= 15 is 0 Å². The first-order chi connectivity index (χ1) is 11.3. The minimum Gasteiger partial charge on any atom is -0.382 e. The van der Waals surface area contributed by atoms with E-state index < -0.39 is 10.1 Å². The van der Waals surface area contributed by atoms with E-state index in [1.165, 1.54) is 22.9 Å². The van der Waals surface area contributed by atoms with Gasteiger partial charge in [0, 0.05) is 12.3 Å². The van der Waals surface area contributed by atoms with Crippen molar-refractivity contribution in [1.29, 1.82) is 0 Å². The second kappa shape index (κ2) is 7.24. The van der Waals surface area contributed by atoms with Crippen LogP contribution in [-0.4, -0.2) is 22.8 Å². The summed E-state index contributed by atoms with van der Waals surface area (Å²) < 4.78 is 44.1. The molecule has 3 N–H and O–H groups in total. The van der Waals surface area contributed by atoms with Gasteiger partial charge in [-0.1, -0.05) is 29.8 Å². The average molecular weight is 349 g/mol. The molecule has 0 radical (unpaired) electrons. The van der Waals surface area contributed by atoms with Crippen LogP contribution in [0.3, 0.4) is 0 Å². The number of hydrogen-bond donors (Lipinski definition) is 2. The van der Waals surface area contributed by atoms with Gasteiger partial charge in [0.2, 0.25) is 0 Å². The second-order valence-corrected chi connectivity index (χ2v) is 6.35. The summed E-state index contributed by atoms with van der Waals surface area (Å²) in [5.41, 5.74) is 6.77. The van der Waals surface area contributed by atoms with Gasteiger partial charge >= 0.3 is 0 Å². The van der Waals surface area contributed by atoms with Gasteiger partial charge in [0.1, 0.15) is 17.3 Å². The molecule has 0 bridgehead atoms. The van der Waals surface area contributed by atoms with Crippen LogP contribution in [0.1, 0.15) is 5.56 Å². The first-order valence-electron chi connectivity index (χ1n) is 6.87. The van der Waals surface area contributed by atoms with E-state index in [-0.39, 0.29) is 10.7 Å². The molecular weight excluding hydrogens is 333 g/mol. The number of para-hydroxylation sites is 1. The van der Waals surface area contributed by atoms with Crippen molar-refractivity contribution in [3.05, 3.63) is 72.2 Å². The molecule has 0 unspecified atom stereocenters. The predicted molar refractivity (Wildman–Crippen MR) is 88.9 cm³/mol. The lowest BCUT2D eigenvalue weighted by molar-refractivity contribution is 0.483. The highest BCUT2D eigenvalue weighted by atomic mass is 32.2. The number of aromatic nitrogens is 2. The highest BCUT2D eigenvalue weighted by Gasteiger charge is 2.06. The molecule has 24 heavy (non-hydrogen) atoms. The number of rotatable bonds is 2. The zero-order valence-electron chi connectivity index (χ0n) is 12.8. The SMILES string of the molecule is Cc1ccc(S(=O)(=O)O)cc1.Nc1ccn(-c2ccccc2F)n1. The van der Waals surface area contributed by atoms with Crippen LogP contribution in [0.4, 0.5) is 10.2 Å². The van der Waals surface area contributed by atoms with Gasteiger partial charge in [0.05, 0.1) is 4.90 Å². The van der Waals surface area contributed by atoms with Gasteiger partial charge in [0.15, 0.2) is 0 Å². The number of nitrogen functional groups attached to an aromatic ring is 1. The maximum absolute atomic E-state index is 13.2. The standard InChI is InChI=1S/C9H8FN3.C7H8O3S/c10-7-3-1-2-4-8(7)13-6-5-9(11)12-13;1-6-2-4-7(5-3-6)11(8,9)10/h1-6H,(H2,11,12);2-5H,1H3,(H,8,9,10). The first kappa shape index (κ1) is 17.6. The van der Waals surface area contributed by atoms with Crippen molar-refractivity contribution in [3.8, 4) is 5.69 Å². The molecule has 1 aromatic heterocycles. The van der Waals surface area contributed by atoms with Crippen LogP contribution in [0.5, 0.6) is 0 Å². The maximum Gasteiger partial charge on any atom is 0.294 e. The quantitative estimate of drug-likeness (QED) is 0.693. The summed E-state index contributed by atoms with van der Waals surface area (Å²) in [5.74, 6) is 0.0638. The summed E-state index contributed by atoms with van der Waals surface area (Å²) in [6, 6.07) is 14.0. The Hall–Kier alpha value is -2.71. The zero-order valence-corrected chi connectivity index (χ0v) is 13.6. The van der Waals surface area contributed by atoms with Gasteiger partial charge in [-0.05, 0) is 31.2 Å². The van der Waals surface area contributed by atoms with Gasteiger partial charge in [-0.25, -0.2) is 9.07 Å². The number of nitrogens with zero attached hydrogens (tertiary/aromatic N) is 2. The molecule has 0 amide bonds. The Morgan fingerprint density at radius 2 is 1.71 bits per heavy atom. The van der Waals surface area contributed by atoms with E-state index in [9.17, 15) is 12.8 Å². The number of hydrogen-bond acceptors (Lipinski definition) is 4. The number of anilines is 1. The van der Waals surface area contributed by atoms with Gasteiger partial charge in [0.25, 0.3) is 10.1 Å². The lowest BCUT2D eigenvalue weighted by atomic mass is 10.2. The third kappa shape index (κ3) is 4.64. The van der Waals surface area contributed by atoms with Gasteiger partial charge in [-0.2, -0.15) is 13.5 Å². The molecule has 0 aliphatic rings. The molecule has 8 heteroatoms. The van der Waals surface area contributed by atoms with E-state index in [0.29, 0.717) is 11.5 Å². The lowest BCUT2D eigenvalue weighted by Crippen LogP contribution is -1.98. The Morgan fingerprint density at radius 1 is 1.08 bits per heavy atom. The molecule has 0 fully saturated rings. The lowest BCUT2D eigenvalue weighted by Gasteiger charge is -2.00. The van der Waals surface area contributed by atoms with Crippen molar-refractivity contribution in [2.75, 3.05) is 5.73 Å². The second-order valence-electron chi connectivity index (χ2n) is 4.92. The molecule has 126 valence electrons. The van der Waals surface area contributed by atoms with Crippen molar-refractivity contribution in [2.45, 2.75) is 11.8 Å². The smallest absolute Gasteiger partial charge is 0.294 e. The fourth-order valence-corrected chi connectivity index (χ4v) is 2.30. The fraction of sp³-hybridized carbons (Fsp3) is 0.0625. The summed E-state index contributed by atoms with van der Waals surface area (Å²) in [7, 11) is -4.02. The van der Waals surface area contributed by atoms with Gasteiger partial charge < -0.3 is 5.73 Å². The van der Waals surface area contributed by atoms with Crippen molar-refractivity contribution in [2.24, 2.45) is 0 Å². The van der Waals surface area contributed by atoms with E-state index in [2.05, 4.69) is 5.10 Å². The number of benzene rings is 2. The van der Waals surface area contributed by atoms with E-state index in [0.717, 1.165) is 5.56 Å². The van der Waals surface area contributed by atoms with Crippen LogP contribution in [0, 0.1) is 12.7 Å². The Labute approximate surface area is 139 Å².